The van der Waals surface area contributed by atoms with Crippen molar-refractivity contribution >= 4 is 11.6 Å². The molecule has 0 heterocycles. The van der Waals surface area contributed by atoms with Crippen LogP contribution in [-0.2, 0) is 5.41 Å². The Morgan fingerprint density at radius 1 is 1.10 bits per heavy atom. The molecule has 3 heteroatoms. The van der Waals surface area contributed by atoms with Crippen LogP contribution in [0.2, 0.25) is 5.02 Å². The van der Waals surface area contributed by atoms with Gasteiger partial charge in [-0.05, 0) is 48.8 Å². The Morgan fingerprint density at radius 2 is 1.75 bits per heavy atom. The van der Waals surface area contributed by atoms with Crippen LogP contribution in [-0.4, -0.2) is 6.54 Å². The second-order valence-corrected chi connectivity index (χ2v) is 7.28. The van der Waals surface area contributed by atoms with Crippen LogP contribution in [0, 0.1) is 11.2 Å². The lowest BCUT2D eigenvalue weighted by Gasteiger charge is -2.57. The van der Waals surface area contributed by atoms with Gasteiger partial charge in [0, 0.05) is 17.0 Å². The average Bonchev–Trinajstić information content (AvgIpc) is 2.62. The maximum atomic E-state index is 13.2. The van der Waals surface area contributed by atoms with E-state index in [1.807, 2.05) is 6.07 Å². The molecule has 0 aromatic heterocycles. The Kier molecular flexibility index (Phi) is 3.81. The first-order valence-electron chi connectivity index (χ1n) is 7.75. The summed E-state index contributed by atoms with van der Waals surface area (Å²) < 4.78 is 13.2. The van der Waals surface area contributed by atoms with Gasteiger partial charge >= 0.3 is 0 Å². The van der Waals surface area contributed by atoms with E-state index < -0.39 is 0 Å². The van der Waals surface area contributed by atoms with Crippen molar-refractivity contribution in [1.29, 1.82) is 0 Å². The zero-order valence-electron chi connectivity index (χ0n) is 11.9. The lowest BCUT2D eigenvalue weighted by molar-refractivity contribution is 0.0113. The Bertz CT molecular complexity index is 484. The fraction of sp³-hybridized carbons (Fsp3) is 0.647. The van der Waals surface area contributed by atoms with Crippen LogP contribution in [0.3, 0.4) is 0 Å². The third-order valence-electron chi connectivity index (χ3n) is 5.48. The Balaban J connectivity index is 1.84. The molecule has 2 aliphatic rings. The molecule has 1 aromatic carbocycles. The van der Waals surface area contributed by atoms with E-state index in [1.54, 1.807) is 0 Å². The molecule has 0 aliphatic heterocycles. The van der Waals surface area contributed by atoms with Crippen molar-refractivity contribution in [2.75, 3.05) is 6.54 Å². The lowest BCUT2D eigenvalue weighted by atomic mass is 9.48. The summed E-state index contributed by atoms with van der Waals surface area (Å²) >= 11 is 6.27. The summed E-state index contributed by atoms with van der Waals surface area (Å²) in [5, 5.41) is 0.541. The average molecular weight is 296 g/mol. The van der Waals surface area contributed by atoms with Gasteiger partial charge in [0.2, 0.25) is 0 Å². The first kappa shape index (κ1) is 14.3. The predicted molar refractivity (Wildman–Crippen MR) is 81.5 cm³/mol. The smallest absolute Gasteiger partial charge is 0.124 e. The molecule has 0 bridgehead atoms. The minimum Gasteiger partial charge on any atom is -0.330 e. The van der Waals surface area contributed by atoms with Crippen molar-refractivity contribution < 1.29 is 4.39 Å². The first-order chi connectivity index (χ1) is 9.59. The molecule has 0 amide bonds. The molecular formula is C17H23ClFN. The van der Waals surface area contributed by atoms with Gasteiger partial charge in [-0.3, -0.25) is 0 Å². The summed E-state index contributed by atoms with van der Waals surface area (Å²) in [6.45, 7) is 0.611. The number of nitrogens with two attached hydrogens (primary N) is 1. The highest BCUT2D eigenvalue weighted by Gasteiger charge is 2.54. The van der Waals surface area contributed by atoms with Crippen molar-refractivity contribution in [1.82, 2.24) is 0 Å². The molecule has 2 aliphatic carbocycles. The maximum Gasteiger partial charge on any atom is 0.124 e. The van der Waals surface area contributed by atoms with Gasteiger partial charge in [-0.15, -0.1) is 0 Å². The summed E-state index contributed by atoms with van der Waals surface area (Å²) in [6, 6.07) is 4.77. The van der Waals surface area contributed by atoms with Gasteiger partial charge in [0.1, 0.15) is 5.82 Å². The van der Waals surface area contributed by atoms with Crippen LogP contribution in [0.5, 0.6) is 0 Å². The van der Waals surface area contributed by atoms with E-state index in [-0.39, 0.29) is 11.2 Å². The second kappa shape index (κ2) is 5.31. The molecule has 1 nitrogen and oxygen atoms in total. The molecule has 110 valence electrons. The van der Waals surface area contributed by atoms with E-state index in [0.717, 1.165) is 18.4 Å². The highest BCUT2D eigenvalue weighted by atomic mass is 35.5. The van der Waals surface area contributed by atoms with Gasteiger partial charge < -0.3 is 5.73 Å². The molecule has 20 heavy (non-hydrogen) atoms. The molecule has 2 saturated carbocycles. The minimum absolute atomic E-state index is 0.0187. The maximum absolute atomic E-state index is 13.2. The fourth-order valence-electron chi connectivity index (χ4n) is 4.58. The fourth-order valence-corrected chi connectivity index (χ4v) is 4.95. The highest BCUT2D eigenvalue weighted by Crippen LogP contribution is 2.61. The Labute approximate surface area is 125 Å². The van der Waals surface area contributed by atoms with E-state index in [4.69, 9.17) is 17.3 Å². The monoisotopic (exact) mass is 295 g/mol. The SMILES string of the molecule is NCC1(c2ccc(F)cc2Cl)CC2(CCCCCC2)C1. The normalized spacial score (nSPS) is 24.1. The highest BCUT2D eigenvalue weighted by molar-refractivity contribution is 6.31. The van der Waals surface area contributed by atoms with Crippen LogP contribution < -0.4 is 5.73 Å². The summed E-state index contributed by atoms with van der Waals surface area (Å²) in [5.41, 5.74) is 7.60. The van der Waals surface area contributed by atoms with Gasteiger partial charge in [-0.1, -0.05) is 43.4 Å². The van der Waals surface area contributed by atoms with Crippen LogP contribution in [0.25, 0.3) is 0 Å². The first-order valence-corrected chi connectivity index (χ1v) is 8.13. The number of rotatable bonds is 2. The Hall–Kier alpha value is -0.600. The minimum atomic E-state index is -0.269. The van der Waals surface area contributed by atoms with E-state index in [2.05, 4.69) is 0 Å². The van der Waals surface area contributed by atoms with Crippen LogP contribution in [0.15, 0.2) is 18.2 Å². The molecule has 2 N–H and O–H groups in total. The van der Waals surface area contributed by atoms with Crippen LogP contribution in [0.1, 0.15) is 56.9 Å². The largest absolute Gasteiger partial charge is 0.330 e. The van der Waals surface area contributed by atoms with Gasteiger partial charge in [0.15, 0.2) is 0 Å². The van der Waals surface area contributed by atoms with E-state index in [9.17, 15) is 4.39 Å². The topological polar surface area (TPSA) is 26.0 Å². The van der Waals surface area contributed by atoms with Gasteiger partial charge in [0.25, 0.3) is 0 Å². The molecule has 3 rings (SSSR count). The van der Waals surface area contributed by atoms with Crippen LogP contribution >= 0.6 is 11.6 Å². The van der Waals surface area contributed by atoms with Crippen molar-refractivity contribution in [2.24, 2.45) is 11.1 Å². The molecule has 1 spiro atoms. The third-order valence-corrected chi connectivity index (χ3v) is 5.80. The molecule has 0 unspecified atom stereocenters. The van der Waals surface area contributed by atoms with Crippen molar-refractivity contribution in [3.8, 4) is 0 Å². The van der Waals surface area contributed by atoms with Gasteiger partial charge in [-0.2, -0.15) is 0 Å². The van der Waals surface area contributed by atoms with E-state index >= 15 is 0 Å². The molecule has 2 fully saturated rings. The summed E-state index contributed by atoms with van der Waals surface area (Å²) in [4.78, 5) is 0. The predicted octanol–water partition coefficient (Wildman–Crippen LogP) is 4.81. The molecule has 0 atom stereocenters. The Morgan fingerprint density at radius 3 is 2.30 bits per heavy atom. The third kappa shape index (κ3) is 2.37. The number of hydrogen-bond acceptors (Lipinski definition) is 1. The quantitative estimate of drug-likeness (QED) is 0.832. The van der Waals surface area contributed by atoms with Crippen LogP contribution in [0.4, 0.5) is 4.39 Å². The molecule has 0 radical (unpaired) electrons. The van der Waals surface area contributed by atoms with Gasteiger partial charge in [0.05, 0.1) is 0 Å². The molecular weight excluding hydrogens is 273 g/mol. The van der Waals surface area contributed by atoms with Crippen molar-refractivity contribution in [2.45, 2.75) is 56.8 Å². The van der Waals surface area contributed by atoms with Crippen molar-refractivity contribution in [3.05, 3.63) is 34.6 Å². The lowest BCUT2D eigenvalue weighted by Crippen LogP contribution is -2.53. The number of hydrogen-bond donors (Lipinski definition) is 1. The summed E-state index contributed by atoms with van der Waals surface area (Å²) in [5.74, 6) is -0.269. The van der Waals surface area contributed by atoms with E-state index in [1.165, 1.54) is 50.7 Å². The van der Waals surface area contributed by atoms with Crippen molar-refractivity contribution in [3.63, 3.8) is 0 Å². The summed E-state index contributed by atoms with van der Waals surface area (Å²) in [7, 11) is 0. The molecule has 1 aromatic rings. The molecule has 0 saturated heterocycles. The number of benzene rings is 1. The number of halogens is 2. The van der Waals surface area contributed by atoms with Gasteiger partial charge in [-0.25, -0.2) is 4.39 Å². The standard InChI is InChI=1S/C17H23ClFN/c18-15-9-13(19)5-6-14(15)17(12-20)10-16(11-17)7-3-1-2-4-8-16/h5-6,9H,1-4,7-8,10-12,20H2. The second-order valence-electron chi connectivity index (χ2n) is 6.88. The zero-order chi connectivity index (χ0) is 14.2. The zero-order valence-corrected chi connectivity index (χ0v) is 12.7. The van der Waals surface area contributed by atoms with E-state index in [0.29, 0.717) is 17.0 Å². The summed E-state index contributed by atoms with van der Waals surface area (Å²) in [6.07, 6.45) is 10.3.